The topological polar surface area (TPSA) is 91.6 Å². The number of hydrogen-bond acceptors (Lipinski definition) is 5. The van der Waals surface area contributed by atoms with Crippen LogP contribution in [0.1, 0.15) is 23.5 Å². The minimum atomic E-state index is -0.542. The number of carbonyl (C=O) groups excluding carboxylic acids is 1. The molecule has 0 saturated carbocycles. The molecule has 3 rings (SSSR count). The number of anilines is 1. The number of amides is 1. The summed E-state index contributed by atoms with van der Waals surface area (Å²) in [4.78, 5) is 37.1. The summed E-state index contributed by atoms with van der Waals surface area (Å²) in [6, 6.07) is 5.22. The van der Waals surface area contributed by atoms with Crippen LogP contribution in [0.2, 0.25) is 0 Å². The number of fused-ring (bicyclic) bond motifs is 1. The van der Waals surface area contributed by atoms with Crippen LogP contribution in [0.4, 0.5) is 5.82 Å². The van der Waals surface area contributed by atoms with Crippen LogP contribution < -0.4 is 26.0 Å². The third kappa shape index (κ3) is 2.59. The van der Waals surface area contributed by atoms with Gasteiger partial charge in [0.2, 0.25) is 5.91 Å². The van der Waals surface area contributed by atoms with Crippen molar-refractivity contribution in [1.29, 1.82) is 0 Å². The Morgan fingerprint density at radius 2 is 1.80 bits per heavy atom. The Morgan fingerprint density at radius 3 is 2.44 bits per heavy atom. The van der Waals surface area contributed by atoms with Gasteiger partial charge in [-0.25, -0.2) is 4.79 Å². The van der Waals surface area contributed by atoms with Crippen molar-refractivity contribution in [2.75, 3.05) is 19.5 Å². The highest BCUT2D eigenvalue weighted by atomic mass is 16.5. The Balaban J connectivity index is 2.34. The van der Waals surface area contributed by atoms with Gasteiger partial charge in [0, 0.05) is 32.0 Å². The minimum absolute atomic E-state index is 0.0734. The first-order valence-electron chi connectivity index (χ1n) is 7.70. The Morgan fingerprint density at radius 1 is 1.08 bits per heavy atom. The van der Waals surface area contributed by atoms with Gasteiger partial charge in [-0.15, -0.1) is 0 Å². The second-order valence-corrected chi connectivity index (χ2v) is 5.88. The van der Waals surface area contributed by atoms with Gasteiger partial charge in [-0.2, -0.15) is 0 Å². The fourth-order valence-electron chi connectivity index (χ4n) is 3.18. The van der Waals surface area contributed by atoms with E-state index in [0.717, 1.165) is 4.57 Å². The van der Waals surface area contributed by atoms with Crippen molar-refractivity contribution in [3.8, 4) is 11.5 Å². The Hall–Kier alpha value is -3.03. The minimum Gasteiger partial charge on any atom is -0.497 e. The largest absolute Gasteiger partial charge is 0.497 e. The maximum absolute atomic E-state index is 12.8. The predicted molar refractivity (Wildman–Crippen MR) is 91.6 cm³/mol. The summed E-state index contributed by atoms with van der Waals surface area (Å²) in [5.74, 6) is 0.538. The van der Waals surface area contributed by atoms with Crippen molar-refractivity contribution in [2.24, 2.45) is 14.1 Å². The molecule has 0 spiro atoms. The van der Waals surface area contributed by atoms with Crippen LogP contribution in [-0.2, 0) is 18.9 Å². The lowest BCUT2D eigenvalue weighted by atomic mass is 9.86. The van der Waals surface area contributed by atoms with Crippen LogP contribution >= 0.6 is 0 Å². The van der Waals surface area contributed by atoms with Crippen LogP contribution in [0.3, 0.4) is 0 Å². The summed E-state index contributed by atoms with van der Waals surface area (Å²) in [7, 11) is 6.00. The number of nitrogens with one attached hydrogen (secondary N) is 1. The molecule has 25 heavy (non-hydrogen) atoms. The van der Waals surface area contributed by atoms with Crippen LogP contribution in [0, 0.1) is 0 Å². The van der Waals surface area contributed by atoms with Crippen molar-refractivity contribution < 1.29 is 14.3 Å². The van der Waals surface area contributed by atoms with Gasteiger partial charge in [-0.05, 0) is 18.2 Å². The van der Waals surface area contributed by atoms with Gasteiger partial charge in [-0.3, -0.25) is 18.7 Å². The molecule has 2 aromatic rings. The first-order valence-corrected chi connectivity index (χ1v) is 7.70. The summed E-state index contributed by atoms with van der Waals surface area (Å²) in [6.45, 7) is 0. The maximum Gasteiger partial charge on any atom is 0.332 e. The zero-order chi connectivity index (χ0) is 18.3. The average molecular weight is 345 g/mol. The van der Waals surface area contributed by atoms with Crippen LogP contribution in [0.15, 0.2) is 27.8 Å². The van der Waals surface area contributed by atoms with Gasteiger partial charge in [0.25, 0.3) is 5.56 Å². The molecule has 1 unspecified atom stereocenters. The molecule has 0 saturated heterocycles. The van der Waals surface area contributed by atoms with Crippen molar-refractivity contribution in [3.63, 3.8) is 0 Å². The number of hydrogen-bond donors (Lipinski definition) is 1. The van der Waals surface area contributed by atoms with E-state index in [9.17, 15) is 14.4 Å². The van der Waals surface area contributed by atoms with Gasteiger partial charge in [0.15, 0.2) is 0 Å². The highest BCUT2D eigenvalue weighted by Gasteiger charge is 2.34. The Labute approximate surface area is 143 Å². The number of carbonyl (C=O) groups is 1. The van der Waals surface area contributed by atoms with E-state index in [1.165, 1.54) is 32.9 Å². The molecule has 0 aliphatic carbocycles. The Bertz CT molecular complexity index is 973. The van der Waals surface area contributed by atoms with Crippen LogP contribution in [0.25, 0.3) is 0 Å². The van der Waals surface area contributed by atoms with Gasteiger partial charge in [0.05, 0.1) is 19.8 Å². The van der Waals surface area contributed by atoms with Gasteiger partial charge in [-0.1, -0.05) is 0 Å². The van der Waals surface area contributed by atoms with Crippen molar-refractivity contribution in [2.45, 2.75) is 12.3 Å². The smallest absolute Gasteiger partial charge is 0.332 e. The first kappa shape index (κ1) is 16.8. The van der Waals surface area contributed by atoms with Gasteiger partial charge in [0.1, 0.15) is 17.3 Å². The molecule has 1 aliphatic rings. The normalized spacial score (nSPS) is 16.2. The third-order valence-corrected chi connectivity index (χ3v) is 4.51. The van der Waals surface area contributed by atoms with E-state index in [0.29, 0.717) is 22.6 Å². The predicted octanol–water partition coefficient (Wildman–Crippen LogP) is 0.575. The molecule has 132 valence electrons. The molecule has 1 atom stereocenters. The van der Waals surface area contributed by atoms with E-state index < -0.39 is 17.2 Å². The van der Waals surface area contributed by atoms with Crippen LogP contribution in [0.5, 0.6) is 11.5 Å². The van der Waals surface area contributed by atoms with Crippen molar-refractivity contribution in [3.05, 3.63) is 50.2 Å². The SMILES string of the molecule is COc1ccc(OC)c(C2CC(=O)Nc3c2c(=O)n(C)c(=O)n3C)c1. The molecule has 1 aromatic carbocycles. The fraction of sp³-hybridized carbons (Fsp3) is 0.353. The molecule has 2 heterocycles. The summed E-state index contributed by atoms with van der Waals surface area (Å²) < 4.78 is 13.0. The zero-order valence-corrected chi connectivity index (χ0v) is 14.5. The summed E-state index contributed by atoms with van der Waals surface area (Å²) >= 11 is 0. The monoisotopic (exact) mass is 345 g/mol. The average Bonchev–Trinajstić information content (AvgIpc) is 2.63. The first-order chi connectivity index (χ1) is 11.9. The van der Waals surface area contributed by atoms with Gasteiger partial charge >= 0.3 is 5.69 Å². The van der Waals surface area contributed by atoms with E-state index in [4.69, 9.17) is 9.47 Å². The zero-order valence-electron chi connectivity index (χ0n) is 14.5. The molecular formula is C17H19N3O5. The summed E-state index contributed by atoms with van der Waals surface area (Å²) in [5.41, 5.74) is 0.0831. The van der Waals surface area contributed by atoms with E-state index in [1.807, 2.05) is 0 Å². The summed E-state index contributed by atoms with van der Waals surface area (Å²) in [6.07, 6.45) is 0.0734. The molecular weight excluding hydrogens is 326 g/mol. The molecule has 0 radical (unpaired) electrons. The highest BCUT2D eigenvalue weighted by Crippen LogP contribution is 2.39. The second-order valence-electron chi connectivity index (χ2n) is 5.88. The molecule has 1 N–H and O–H groups in total. The number of benzene rings is 1. The Kier molecular flexibility index (Phi) is 4.12. The lowest BCUT2D eigenvalue weighted by Gasteiger charge is -2.28. The molecule has 8 nitrogen and oxygen atoms in total. The molecule has 0 bridgehead atoms. The molecule has 8 heteroatoms. The standard InChI is InChI=1S/C17H19N3O5/c1-19-15-14(16(22)20(2)17(19)23)11(8-13(21)18-15)10-7-9(24-3)5-6-12(10)25-4/h5-7,11H,8H2,1-4H3,(H,18,21). The van der Waals surface area contributed by atoms with E-state index >= 15 is 0 Å². The number of aromatic nitrogens is 2. The number of ether oxygens (including phenoxy) is 2. The maximum atomic E-state index is 12.8. The second kappa shape index (κ2) is 6.12. The highest BCUT2D eigenvalue weighted by molar-refractivity contribution is 5.94. The fourth-order valence-corrected chi connectivity index (χ4v) is 3.18. The number of rotatable bonds is 3. The molecule has 1 aliphatic heterocycles. The van der Waals surface area contributed by atoms with Crippen molar-refractivity contribution >= 4 is 11.7 Å². The molecule has 0 fully saturated rings. The molecule has 1 aromatic heterocycles. The molecule has 1 amide bonds. The van der Waals surface area contributed by atoms with Crippen LogP contribution in [-0.4, -0.2) is 29.3 Å². The van der Waals surface area contributed by atoms with Gasteiger partial charge < -0.3 is 14.8 Å². The van der Waals surface area contributed by atoms with E-state index in [-0.39, 0.29) is 18.1 Å². The van der Waals surface area contributed by atoms with E-state index in [1.54, 1.807) is 18.2 Å². The van der Waals surface area contributed by atoms with E-state index in [2.05, 4.69) is 5.32 Å². The lowest BCUT2D eigenvalue weighted by molar-refractivity contribution is -0.116. The number of nitrogens with zero attached hydrogens (tertiary/aromatic N) is 2. The summed E-state index contributed by atoms with van der Waals surface area (Å²) in [5, 5.41) is 2.64. The lowest BCUT2D eigenvalue weighted by Crippen LogP contribution is -2.44. The van der Waals surface area contributed by atoms with Crippen molar-refractivity contribution in [1.82, 2.24) is 9.13 Å². The number of methoxy groups -OCH3 is 2. The third-order valence-electron chi connectivity index (χ3n) is 4.51. The quantitative estimate of drug-likeness (QED) is 0.878.